The van der Waals surface area contributed by atoms with Crippen molar-refractivity contribution in [2.75, 3.05) is 26.6 Å². The zero-order chi connectivity index (χ0) is 17.2. The van der Waals surface area contributed by atoms with Crippen LogP contribution < -0.4 is 17.0 Å². The molecule has 0 radical (unpaired) electrons. The Labute approximate surface area is 162 Å². The van der Waals surface area contributed by atoms with Crippen molar-refractivity contribution >= 4 is 0 Å². The van der Waals surface area contributed by atoms with Crippen molar-refractivity contribution in [3.05, 3.63) is 0 Å². The molecule has 0 aliphatic rings. The quantitative estimate of drug-likeness (QED) is 0.207. The Kier molecular flexibility index (Phi) is 21.8. The Hall–Kier alpha value is 0.360. The van der Waals surface area contributed by atoms with Crippen LogP contribution in [0.25, 0.3) is 0 Å². The maximum absolute atomic E-state index is 9.39. The zero-order valence-corrected chi connectivity index (χ0v) is 18.0. The molecule has 0 aliphatic heterocycles. The molecule has 0 rings (SSSR count). The molecule has 0 spiro atoms. The predicted octanol–water partition coefficient (Wildman–Crippen LogP) is 2.21. The van der Waals surface area contributed by atoms with E-state index in [0.717, 1.165) is 19.5 Å². The van der Waals surface area contributed by atoms with Gasteiger partial charge in [0.2, 0.25) is 0 Å². The van der Waals surface area contributed by atoms with E-state index in [9.17, 15) is 10.2 Å². The summed E-state index contributed by atoms with van der Waals surface area (Å²) in [6.07, 6.45) is 19.1. The van der Waals surface area contributed by atoms with E-state index < -0.39 is 0 Å². The molecule has 148 valence electrons. The average Bonchev–Trinajstić information content (AvgIpc) is 2.59. The molecule has 0 bridgehead atoms. The predicted molar refractivity (Wildman–Crippen MR) is 100 cm³/mol. The lowest BCUT2D eigenvalue weighted by atomic mass is 10.0. The van der Waals surface area contributed by atoms with Gasteiger partial charge in [0.25, 0.3) is 0 Å². The second-order valence-corrected chi connectivity index (χ2v) is 7.26. The largest absolute Gasteiger partial charge is 1.00 e. The Morgan fingerprint density at radius 3 is 1.17 bits per heavy atom. The Morgan fingerprint density at radius 1 is 0.542 bits per heavy atom. The van der Waals surface area contributed by atoms with Gasteiger partial charge in [-0.2, -0.15) is 0 Å². The molecular formula is C20H44BrNO2. The molecule has 2 N–H and O–H groups in total. The Balaban J connectivity index is 0. The van der Waals surface area contributed by atoms with Crippen LogP contribution in [0.3, 0.4) is 0 Å². The van der Waals surface area contributed by atoms with Crippen LogP contribution in [0.15, 0.2) is 0 Å². The minimum Gasteiger partial charge on any atom is -1.00 e. The van der Waals surface area contributed by atoms with Crippen molar-refractivity contribution in [1.82, 2.24) is 0 Å². The van der Waals surface area contributed by atoms with Crippen LogP contribution in [0.5, 0.6) is 0 Å². The molecule has 0 saturated heterocycles. The molecule has 0 unspecified atom stereocenters. The van der Waals surface area contributed by atoms with Gasteiger partial charge in [-0.05, 0) is 19.8 Å². The van der Waals surface area contributed by atoms with Gasteiger partial charge in [0, 0.05) is 0 Å². The SMILES string of the molecule is CCCCCCCCCCCCCCCC[N+](CC)(CO)CO.[Br-]. The van der Waals surface area contributed by atoms with Crippen LogP contribution in [0.1, 0.15) is 104 Å². The maximum atomic E-state index is 9.39. The number of nitrogens with zero attached hydrogens (tertiary/aromatic N) is 1. The second kappa shape index (κ2) is 19.7. The molecule has 0 aromatic rings. The average molecular weight is 410 g/mol. The molecular weight excluding hydrogens is 366 g/mol. The van der Waals surface area contributed by atoms with Crippen molar-refractivity contribution in [2.24, 2.45) is 0 Å². The summed E-state index contributed by atoms with van der Waals surface area (Å²) < 4.78 is 0.443. The first-order chi connectivity index (χ1) is 11.2. The number of rotatable bonds is 18. The number of aliphatic hydroxyl groups excluding tert-OH is 2. The molecule has 0 amide bonds. The summed E-state index contributed by atoms with van der Waals surface area (Å²) in [4.78, 5) is 0. The topological polar surface area (TPSA) is 40.5 Å². The smallest absolute Gasteiger partial charge is 0.182 e. The van der Waals surface area contributed by atoms with E-state index in [0.29, 0.717) is 4.48 Å². The molecule has 0 heterocycles. The lowest BCUT2D eigenvalue weighted by molar-refractivity contribution is -0.959. The van der Waals surface area contributed by atoms with Crippen molar-refractivity contribution in [3.63, 3.8) is 0 Å². The van der Waals surface area contributed by atoms with Crippen molar-refractivity contribution in [1.29, 1.82) is 0 Å². The molecule has 3 nitrogen and oxygen atoms in total. The van der Waals surface area contributed by atoms with Gasteiger partial charge in [-0.15, -0.1) is 0 Å². The van der Waals surface area contributed by atoms with Gasteiger partial charge >= 0.3 is 0 Å². The first-order valence-corrected chi connectivity index (χ1v) is 10.3. The van der Waals surface area contributed by atoms with Crippen molar-refractivity contribution < 1.29 is 31.7 Å². The fourth-order valence-electron chi connectivity index (χ4n) is 3.19. The van der Waals surface area contributed by atoms with E-state index in [2.05, 4.69) is 6.92 Å². The van der Waals surface area contributed by atoms with Crippen molar-refractivity contribution in [3.8, 4) is 0 Å². The van der Waals surface area contributed by atoms with Gasteiger partial charge in [0.1, 0.15) is 0 Å². The first-order valence-electron chi connectivity index (χ1n) is 10.3. The highest BCUT2D eigenvalue weighted by atomic mass is 79.9. The van der Waals surface area contributed by atoms with Crippen LogP contribution in [0.4, 0.5) is 0 Å². The number of quaternary nitrogens is 1. The molecule has 0 atom stereocenters. The molecule has 24 heavy (non-hydrogen) atoms. The van der Waals surface area contributed by atoms with Crippen LogP contribution in [0.2, 0.25) is 0 Å². The van der Waals surface area contributed by atoms with E-state index in [1.807, 2.05) is 6.92 Å². The number of aliphatic hydroxyl groups is 2. The summed E-state index contributed by atoms with van der Waals surface area (Å²) in [6.45, 7) is 6.15. The van der Waals surface area contributed by atoms with E-state index in [-0.39, 0.29) is 30.4 Å². The molecule has 4 heteroatoms. The summed E-state index contributed by atoms with van der Waals surface area (Å²) in [5, 5.41) is 18.8. The molecule has 0 aliphatic carbocycles. The third kappa shape index (κ3) is 14.7. The Bertz CT molecular complexity index is 227. The van der Waals surface area contributed by atoms with Gasteiger partial charge in [0.05, 0.1) is 13.1 Å². The highest BCUT2D eigenvalue weighted by Crippen LogP contribution is 2.14. The van der Waals surface area contributed by atoms with Gasteiger partial charge in [-0.3, -0.25) is 4.48 Å². The summed E-state index contributed by atoms with van der Waals surface area (Å²) in [5.41, 5.74) is 0. The maximum Gasteiger partial charge on any atom is 0.182 e. The van der Waals surface area contributed by atoms with Gasteiger partial charge in [0.15, 0.2) is 13.5 Å². The zero-order valence-electron chi connectivity index (χ0n) is 16.4. The van der Waals surface area contributed by atoms with E-state index in [1.165, 1.54) is 83.5 Å². The summed E-state index contributed by atoms with van der Waals surface area (Å²) in [5.74, 6) is 0. The highest BCUT2D eigenvalue weighted by Gasteiger charge is 2.21. The van der Waals surface area contributed by atoms with Crippen LogP contribution >= 0.6 is 0 Å². The van der Waals surface area contributed by atoms with Gasteiger partial charge in [-0.1, -0.05) is 84.0 Å². The molecule has 0 saturated carbocycles. The van der Waals surface area contributed by atoms with Crippen LogP contribution in [-0.2, 0) is 0 Å². The fraction of sp³-hybridized carbons (Fsp3) is 1.00. The fourth-order valence-corrected chi connectivity index (χ4v) is 3.19. The monoisotopic (exact) mass is 409 g/mol. The van der Waals surface area contributed by atoms with E-state index in [1.54, 1.807) is 0 Å². The highest BCUT2D eigenvalue weighted by molar-refractivity contribution is 4.49. The minimum atomic E-state index is 0. The first kappa shape index (κ1) is 26.6. The normalized spacial score (nSPS) is 11.5. The Morgan fingerprint density at radius 2 is 0.875 bits per heavy atom. The molecule has 0 aromatic heterocycles. The molecule has 0 fully saturated rings. The molecule has 0 aromatic carbocycles. The standard InChI is InChI=1S/C20H44NO2.BrH/c1-3-5-6-7-8-9-10-11-12-13-14-15-16-17-18-21(4-2,19-22)20-23;/h22-23H,3-20H2,1-2H3;1H/q+1;/p-1. The third-order valence-electron chi connectivity index (χ3n) is 5.26. The van der Waals surface area contributed by atoms with Gasteiger partial charge in [-0.25, -0.2) is 0 Å². The van der Waals surface area contributed by atoms with E-state index in [4.69, 9.17) is 0 Å². The summed E-state index contributed by atoms with van der Waals surface area (Å²) in [7, 11) is 0. The number of unbranched alkanes of at least 4 members (excludes halogenated alkanes) is 13. The van der Waals surface area contributed by atoms with Crippen molar-refractivity contribution in [2.45, 2.75) is 104 Å². The number of halogens is 1. The minimum absolute atomic E-state index is 0. The lowest BCUT2D eigenvalue weighted by Gasteiger charge is -2.33. The third-order valence-corrected chi connectivity index (χ3v) is 5.26. The van der Waals surface area contributed by atoms with Gasteiger partial charge < -0.3 is 27.2 Å². The number of hydrogen-bond acceptors (Lipinski definition) is 2. The summed E-state index contributed by atoms with van der Waals surface area (Å²) >= 11 is 0. The van der Waals surface area contributed by atoms with E-state index >= 15 is 0 Å². The summed E-state index contributed by atoms with van der Waals surface area (Å²) in [6, 6.07) is 0. The van der Waals surface area contributed by atoms with Crippen LogP contribution in [-0.4, -0.2) is 41.2 Å². The second-order valence-electron chi connectivity index (χ2n) is 7.26. The lowest BCUT2D eigenvalue weighted by Crippen LogP contribution is -3.00. The number of hydrogen-bond donors (Lipinski definition) is 2. The van der Waals surface area contributed by atoms with Crippen LogP contribution in [0, 0.1) is 0 Å².